The lowest BCUT2D eigenvalue weighted by Gasteiger charge is -2.36. The van der Waals surface area contributed by atoms with Gasteiger partial charge in [0.2, 0.25) is 6.03 Å². The number of methoxy groups -OCH3 is 1. The van der Waals surface area contributed by atoms with E-state index in [4.69, 9.17) is 14.2 Å². The van der Waals surface area contributed by atoms with E-state index in [-0.39, 0.29) is 11.9 Å². The second-order valence-corrected chi connectivity index (χ2v) is 10.3. The molecule has 0 aromatic heterocycles. The molecule has 37 heavy (non-hydrogen) atoms. The Hall–Kier alpha value is -3.30. The number of amides is 3. The first-order chi connectivity index (χ1) is 17.4. The van der Waals surface area contributed by atoms with E-state index < -0.39 is 23.7 Å². The molecule has 0 aliphatic carbocycles. The fourth-order valence-electron chi connectivity index (χ4n) is 4.14. The molecule has 1 fully saturated rings. The summed E-state index contributed by atoms with van der Waals surface area (Å²) in [6.45, 7) is 11.1. The van der Waals surface area contributed by atoms with Crippen molar-refractivity contribution in [1.29, 1.82) is 0 Å². The molecule has 2 atom stereocenters. The van der Waals surface area contributed by atoms with Crippen LogP contribution in [0.3, 0.4) is 0 Å². The summed E-state index contributed by atoms with van der Waals surface area (Å²) >= 11 is 0. The molecule has 2 rings (SSSR count). The van der Waals surface area contributed by atoms with E-state index in [1.165, 1.54) is 7.11 Å². The lowest BCUT2D eigenvalue weighted by molar-refractivity contribution is -0.143. The molecule has 0 saturated carbocycles. The standard InChI is InChI=1S/C27H41N4O6/c1-7-22(28)29-25(33)31-15-12-19(13-16-31)18(2)14-17-36-21-10-8-20(9-11-21)23(24(32)35-6)30-26(34)37-27(3,4)5/h8-11,18-19,23H,7,12-17H2,1-6H3,(H2-,28,29,30,33,34)/q-1/t18-,23+/m1/s1. The molecule has 1 heterocycles. The van der Waals surface area contributed by atoms with Gasteiger partial charge >= 0.3 is 12.1 Å². The van der Waals surface area contributed by atoms with Gasteiger partial charge in [-0.3, -0.25) is 4.79 Å². The topological polar surface area (TPSA) is 128 Å². The first-order valence-corrected chi connectivity index (χ1v) is 12.8. The van der Waals surface area contributed by atoms with E-state index in [9.17, 15) is 19.8 Å². The fraction of sp³-hybridized carbons (Fsp3) is 0.630. The summed E-state index contributed by atoms with van der Waals surface area (Å²) in [5.74, 6) is 0.985. The molecule has 3 amide bonds. The highest BCUT2D eigenvalue weighted by Gasteiger charge is 2.27. The van der Waals surface area contributed by atoms with Crippen LogP contribution in [0.15, 0.2) is 24.3 Å². The van der Waals surface area contributed by atoms with Crippen LogP contribution >= 0.6 is 0 Å². The largest absolute Gasteiger partial charge is 0.494 e. The normalized spacial score (nSPS) is 15.8. The SMILES string of the molecule is CCC(=[N-])NC(=O)N1CCC([C@H](C)CCOc2ccc([C@H](NC(=O)OC(C)(C)C)C(=O)OC)cc2)CC1. The molecule has 0 unspecified atom stereocenters. The zero-order valence-electron chi connectivity index (χ0n) is 22.8. The quantitative estimate of drug-likeness (QED) is 0.279. The van der Waals surface area contributed by atoms with Crippen LogP contribution in [-0.2, 0) is 14.3 Å². The smallest absolute Gasteiger partial charge is 0.408 e. The number of rotatable bonds is 9. The lowest BCUT2D eigenvalue weighted by atomic mass is 9.84. The summed E-state index contributed by atoms with van der Waals surface area (Å²) in [5.41, 5.74) is -0.137. The van der Waals surface area contributed by atoms with Gasteiger partial charge in [0.15, 0.2) is 6.04 Å². The molecule has 10 heteroatoms. The van der Waals surface area contributed by atoms with Gasteiger partial charge in [-0.2, -0.15) is 0 Å². The highest BCUT2D eigenvalue weighted by Crippen LogP contribution is 2.28. The van der Waals surface area contributed by atoms with Crippen LogP contribution in [0.1, 0.15) is 71.9 Å². The van der Waals surface area contributed by atoms with Crippen molar-refractivity contribution in [2.24, 2.45) is 11.8 Å². The molecular formula is C27H41N4O6-. The number of carbonyl (C=O) groups excluding carboxylic acids is 3. The molecule has 10 nitrogen and oxygen atoms in total. The van der Waals surface area contributed by atoms with Crippen LogP contribution in [-0.4, -0.2) is 61.2 Å². The number of benzene rings is 1. The molecule has 1 aromatic carbocycles. The Labute approximate surface area is 219 Å². The lowest BCUT2D eigenvalue weighted by Crippen LogP contribution is -2.46. The number of nitrogens with one attached hydrogen (secondary N) is 2. The van der Waals surface area contributed by atoms with Crippen LogP contribution in [0, 0.1) is 11.8 Å². The number of hydrogen-bond donors (Lipinski definition) is 2. The van der Waals surface area contributed by atoms with Crippen molar-refractivity contribution in [2.75, 3.05) is 26.8 Å². The minimum Gasteiger partial charge on any atom is -0.494 e. The minimum atomic E-state index is -0.995. The first kappa shape index (κ1) is 29.9. The van der Waals surface area contributed by atoms with Crippen LogP contribution < -0.4 is 15.4 Å². The van der Waals surface area contributed by atoms with Crippen LogP contribution in [0.4, 0.5) is 9.59 Å². The highest BCUT2D eigenvalue weighted by atomic mass is 16.6. The van der Waals surface area contributed by atoms with Crippen molar-refractivity contribution >= 4 is 23.9 Å². The molecule has 1 saturated heterocycles. The predicted octanol–water partition coefficient (Wildman–Crippen LogP) is 4.63. The summed E-state index contributed by atoms with van der Waals surface area (Å²) in [5, 5.41) is 14.6. The molecule has 2 N–H and O–H groups in total. The van der Waals surface area contributed by atoms with Crippen LogP contribution in [0.5, 0.6) is 5.75 Å². The van der Waals surface area contributed by atoms with Crippen molar-refractivity contribution in [1.82, 2.24) is 15.5 Å². The van der Waals surface area contributed by atoms with Crippen LogP contribution in [0.2, 0.25) is 0 Å². The van der Waals surface area contributed by atoms with Crippen molar-refractivity contribution in [2.45, 2.75) is 71.9 Å². The van der Waals surface area contributed by atoms with E-state index in [0.29, 0.717) is 49.3 Å². The van der Waals surface area contributed by atoms with Crippen molar-refractivity contribution < 1.29 is 28.6 Å². The van der Waals surface area contributed by atoms with Gasteiger partial charge < -0.3 is 35.2 Å². The van der Waals surface area contributed by atoms with E-state index in [1.807, 2.05) is 0 Å². The second kappa shape index (κ2) is 13.9. The zero-order valence-corrected chi connectivity index (χ0v) is 22.8. The Morgan fingerprint density at radius 2 is 1.76 bits per heavy atom. The number of esters is 1. The maximum atomic E-state index is 12.3. The Morgan fingerprint density at radius 3 is 2.30 bits per heavy atom. The van der Waals surface area contributed by atoms with Gasteiger partial charge in [0, 0.05) is 13.1 Å². The molecule has 0 bridgehead atoms. The average molecular weight is 518 g/mol. The van der Waals surface area contributed by atoms with E-state index >= 15 is 0 Å². The summed E-state index contributed by atoms with van der Waals surface area (Å²) < 4.78 is 16.0. The highest BCUT2D eigenvalue weighted by molar-refractivity contribution is 5.98. The monoisotopic (exact) mass is 517 g/mol. The summed E-state index contributed by atoms with van der Waals surface area (Å²) in [6, 6.07) is 5.70. The molecule has 1 aliphatic heterocycles. The molecule has 0 spiro atoms. The van der Waals surface area contributed by atoms with Gasteiger partial charge in [-0.25, -0.2) is 9.59 Å². The first-order valence-electron chi connectivity index (χ1n) is 12.8. The number of nitrogens with zero attached hydrogens (tertiary/aromatic N) is 2. The maximum absolute atomic E-state index is 12.3. The van der Waals surface area contributed by atoms with Gasteiger partial charge in [-0.15, -0.1) is 0 Å². The number of amidine groups is 1. The van der Waals surface area contributed by atoms with E-state index in [1.54, 1.807) is 56.9 Å². The van der Waals surface area contributed by atoms with E-state index in [0.717, 1.165) is 19.3 Å². The number of alkyl carbamates (subject to hydrolysis) is 1. The Balaban J connectivity index is 1.82. The van der Waals surface area contributed by atoms with Gasteiger partial charge in [0.1, 0.15) is 11.4 Å². The number of piperidine rings is 1. The van der Waals surface area contributed by atoms with Gasteiger partial charge in [0.25, 0.3) is 0 Å². The maximum Gasteiger partial charge on any atom is 0.408 e. The molecule has 206 valence electrons. The Morgan fingerprint density at radius 1 is 1.14 bits per heavy atom. The fourth-order valence-corrected chi connectivity index (χ4v) is 4.14. The Bertz CT molecular complexity index is 920. The summed E-state index contributed by atoms with van der Waals surface area (Å²) in [6.07, 6.45) is 2.39. The number of carbonyl (C=O) groups is 3. The third-order valence-electron chi connectivity index (χ3n) is 6.37. The zero-order chi connectivity index (χ0) is 27.6. The number of hydrogen-bond acceptors (Lipinski definition) is 6. The van der Waals surface area contributed by atoms with Gasteiger partial charge in [0.05, 0.1) is 13.7 Å². The van der Waals surface area contributed by atoms with Crippen molar-refractivity contribution in [3.63, 3.8) is 0 Å². The van der Waals surface area contributed by atoms with Gasteiger partial charge in [-0.05, 0) is 76.0 Å². The number of urea groups is 1. The van der Waals surface area contributed by atoms with Crippen LogP contribution in [0.25, 0.3) is 5.41 Å². The average Bonchev–Trinajstić information content (AvgIpc) is 2.86. The predicted molar refractivity (Wildman–Crippen MR) is 141 cm³/mol. The Kier molecular flexibility index (Phi) is 11.2. The third kappa shape index (κ3) is 9.93. The molecule has 1 aliphatic rings. The third-order valence-corrected chi connectivity index (χ3v) is 6.37. The molecule has 0 radical (unpaired) electrons. The summed E-state index contributed by atoms with van der Waals surface area (Å²) in [7, 11) is 1.26. The van der Waals surface area contributed by atoms with E-state index in [2.05, 4.69) is 17.6 Å². The summed E-state index contributed by atoms with van der Waals surface area (Å²) in [4.78, 5) is 38.3. The molecule has 1 aromatic rings. The molecular weight excluding hydrogens is 476 g/mol. The number of likely N-dealkylation sites (tertiary alicyclic amines) is 1. The van der Waals surface area contributed by atoms with Crippen molar-refractivity contribution in [3.8, 4) is 5.75 Å². The number of ether oxygens (including phenoxy) is 3. The van der Waals surface area contributed by atoms with Gasteiger partial charge in [-0.1, -0.05) is 31.8 Å². The second-order valence-electron chi connectivity index (χ2n) is 10.3. The van der Waals surface area contributed by atoms with Crippen molar-refractivity contribution in [3.05, 3.63) is 35.2 Å². The minimum absolute atomic E-state index is 0.00852.